The van der Waals surface area contributed by atoms with Crippen LogP contribution in [0.15, 0.2) is 22.8 Å². The summed E-state index contributed by atoms with van der Waals surface area (Å²) in [4.78, 5) is 17.8. The summed E-state index contributed by atoms with van der Waals surface area (Å²) in [5.41, 5.74) is 0.805. The largest absolute Gasteiger partial charge is 0.378 e. The van der Waals surface area contributed by atoms with E-state index in [1.54, 1.807) is 4.90 Å². The van der Waals surface area contributed by atoms with Gasteiger partial charge < -0.3 is 14.4 Å². The summed E-state index contributed by atoms with van der Waals surface area (Å²) in [7, 11) is 0. The van der Waals surface area contributed by atoms with E-state index < -0.39 is 0 Å². The summed E-state index contributed by atoms with van der Waals surface area (Å²) < 4.78 is 11.3. The van der Waals surface area contributed by atoms with Crippen LogP contribution >= 0.6 is 15.9 Å². The molecule has 2 rings (SSSR count). The van der Waals surface area contributed by atoms with Gasteiger partial charge in [-0.05, 0) is 28.1 Å². The molecule has 2 heterocycles. The third-order valence-corrected chi connectivity index (χ3v) is 3.05. The molecule has 1 aromatic rings. The Bertz CT molecular complexity index is 408. The van der Waals surface area contributed by atoms with Crippen molar-refractivity contribution in [3.05, 3.63) is 28.5 Å². The van der Waals surface area contributed by atoms with E-state index in [-0.39, 0.29) is 12.5 Å². The molecule has 0 saturated carbocycles. The number of aromatic nitrogens is 1. The standard InChI is InChI=1S/C12H15BrN2O3/c13-11-3-1-2-10(14-11)8-18-9-12(16)15-4-6-17-7-5-15/h1-3H,4-9H2. The molecule has 1 fully saturated rings. The van der Waals surface area contributed by atoms with E-state index in [0.29, 0.717) is 32.9 Å². The van der Waals surface area contributed by atoms with Crippen LogP contribution in [0.4, 0.5) is 0 Å². The number of hydrogen-bond acceptors (Lipinski definition) is 4. The molecule has 1 aliphatic rings. The Kier molecular flexibility index (Phi) is 5.10. The molecular weight excluding hydrogens is 300 g/mol. The van der Waals surface area contributed by atoms with E-state index in [9.17, 15) is 4.79 Å². The smallest absolute Gasteiger partial charge is 0.248 e. The van der Waals surface area contributed by atoms with E-state index >= 15 is 0 Å². The fourth-order valence-corrected chi connectivity index (χ4v) is 2.06. The molecule has 0 bridgehead atoms. The molecule has 1 saturated heterocycles. The van der Waals surface area contributed by atoms with Gasteiger partial charge in [0.1, 0.15) is 11.2 Å². The van der Waals surface area contributed by atoms with Crippen LogP contribution in [0, 0.1) is 0 Å². The Morgan fingerprint density at radius 1 is 1.44 bits per heavy atom. The van der Waals surface area contributed by atoms with Crippen LogP contribution in [0.1, 0.15) is 5.69 Å². The van der Waals surface area contributed by atoms with E-state index in [2.05, 4.69) is 20.9 Å². The highest BCUT2D eigenvalue weighted by Gasteiger charge is 2.16. The molecule has 0 N–H and O–H groups in total. The third kappa shape index (κ3) is 4.04. The second-order valence-corrected chi connectivity index (χ2v) is 4.75. The molecule has 0 atom stereocenters. The van der Waals surface area contributed by atoms with Gasteiger partial charge in [-0.3, -0.25) is 4.79 Å². The lowest BCUT2D eigenvalue weighted by molar-refractivity contribution is -0.140. The molecule has 1 amide bonds. The summed E-state index contributed by atoms with van der Waals surface area (Å²) in [5.74, 6) is 0.00768. The lowest BCUT2D eigenvalue weighted by Crippen LogP contribution is -2.42. The highest BCUT2D eigenvalue weighted by Crippen LogP contribution is 2.07. The number of amides is 1. The van der Waals surface area contributed by atoms with Crippen molar-refractivity contribution in [3.8, 4) is 0 Å². The number of pyridine rings is 1. The van der Waals surface area contributed by atoms with E-state index in [4.69, 9.17) is 9.47 Å². The molecular formula is C12H15BrN2O3. The highest BCUT2D eigenvalue weighted by atomic mass is 79.9. The third-order valence-electron chi connectivity index (χ3n) is 2.61. The van der Waals surface area contributed by atoms with Gasteiger partial charge in [0.2, 0.25) is 5.91 Å². The summed E-state index contributed by atoms with van der Waals surface area (Å²) in [6.07, 6.45) is 0. The maximum absolute atomic E-state index is 11.8. The maximum Gasteiger partial charge on any atom is 0.248 e. The Morgan fingerprint density at radius 3 is 2.94 bits per heavy atom. The Balaban J connectivity index is 1.73. The van der Waals surface area contributed by atoms with Crippen LogP contribution in [-0.4, -0.2) is 48.7 Å². The van der Waals surface area contributed by atoms with Gasteiger partial charge in [-0.1, -0.05) is 6.07 Å². The summed E-state index contributed by atoms with van der Waals surface area (Å²) >= 11 is 3.29. The quantitative estimate of drug-likeness (QED) is 0.784. The second-order valence-electron chi connectivity index (χ2n) is 3.94. The van der Waals surface area contributed by atoms with E-state index in [1.165, 1.54) is 0 Å². The number of nitrogens with zero attached hydrogens (tertiary/aromatic N) is 2. The van der Waals surface area contributed by atoms with Crippen LogP contribution in [0.5, 0.6) is 0 Å². The predicted octanol–water partition coefficient (Wildman–Crippen LogP) is 1.22. The zero-order valence-electron chi connectivity index (χ0n) is 9.97. The number of carbonyl (C=O) groups is 1. The normalized spacial score (nSPS) is 15.7. The number of rotatable bonds is 4. The Hall–Kier alpha value is -0.980. The van der Waals surface area contributed by atoms with Crippen LogP contribution in [0.3, 0.4) is 0 Å². The number of ether oxygens (including phenoxy) is 2. The SMILES string of the molecule is O=C(COCc1cccc(Br)n1)N1CCOCC1. The molecule has 0 spiro atoms. The highest BCUT2D eigenvalue weighted by molar-refractivity contribution is 9.10. The Labute approximate surface area is 114 Å². The van der Waals surface area contributed by atoms with Crippen LogP contribution < -0.4 is 0 Å². The van der Waals surface area contributed by atoms with Crippen molar-refractivity contribution in [2.75, 3.05) is 32.9 Å². The van der Waals surface area contributed by atoms with Crippen molar-refractivity contribution < 1.29 is 14.3 Å². The van der Waals surface area contributed by atoms with Crippen LogP contribution in [0.2, 0.25) is 0 Å². The topological polar surface area (TPSA) is 51.7 Å². The monoisotopic (exact) mass is 314 g/mol. The zero-order valence-corrected chi connectivity index (χ0v) is 11.6. The molecule has 1 aromatic heterocycles. The average Bonchev–Trinajstić information content (AvgIpc) is 2.40. The van der Waals surface area contributed by atoms with Gasteiger partial charge in [-0.15, -0.1) is 0 Å². The fraction of sp³-hybridized carbons (Fsp3) is 0.500. The Morgan fingerprint density at radius 2 is 2.22 bits per heavy atom. The molecule has 0 unspecified atom stereocenters. The van der Waals surface area contributed by atoms with Crippen molar-refractivity contribution >= 4 is 21.8 Å². The van der Waals surface area contributed by atoms with Gasteiger partial charge in [0, 0.05) is 13.1 Å². The fourth-order valence-electron chi connectivity index (χ4n) is 1.68. The minimum absolute atomic E-state index is 0.00768. The summed E-state index contributed by atoms with van der Waals surface area (Å²) in [6, 6.07) is 5.60. The van der Waals surface area contributed by atoms with E-state index in [1.807, 2.05) is 18.2 Å². The molecule has 18 heavy (non-hydrogen) atoms. The molecule has 0 aromatic carbocycles. The molecule has 0 aliphatic carbocycles. The number of carbonyl (C=O) groups excluding carboxylic acids is 1. The van der Waals surface area contributed by atoms with E-state index in [0.717, 1.165) is 10.3 Å². The van der Waals surface area contributed by atoms with Gasteiger partial charge in [0.15, 0.2) is 0 Å². The van der Waals surface area contributed by atoms with Gasteiger partial charge >= 0.3 is 0 Å². The van der Waals surface area contributed by atoms with Crippen molar-refractivity contribution in [2.24, 2.45) is 0 Å². The minimum Gasteiger partial charge on any atom is -0.378 e. The summed E-state index contributed by atoms with van der Waals surface area (Å²) in [5, 5.41) is 0. The first-order valence-electron chi connectivity index (χ1n) is 5.80. The van der Waals surface area contributed by atoms with Crippen molar-refractivity contribution in [3.63, 3.8) is 0 Å². The second kappa shape index (κ2) is 6.82. The van der Waals surface area contributed by atoms with Crippen LogP contribution in [0.25, 0.3) is 0 Å². The average molecular weight is 315 g/mol. The molecule has 98 valence electrons. The van der Waals surface area contributed by atoms with Gasteiger partial charge in [-0.25, -0.2) is 4.98 Å². The van der Waals surface area contributed by atoms with Gasteiger partial charge in [0.25, 0.3) is 0 Å². The first kappa shape index (κ1) is 13.5. The summed E-state index contributed by atoms with van der Waals surface area (Å²) in [6.45, 7) is 2.95. The van der Waals surface area contributed by atoms with Crippen molar-refractivity contribution in [1.82, 2.24) is 9.88 Å². The van der Waals surface area contributed by atoms with Crippen molar-refractivity contribution in [1.29, 1.82) is 0 Å². The number of hydrogen-bond donors (Lipinski definition) is 0. The predicted molar refractivity (Wildman–Crippen MR) is 69.0 cm³/mol. The first-order chi connectivity index (χ1) is 8.75. The first-order valence-corrected chi connectivity index (χ1v) is 6.60. The number of halogens is 1. The lowest BCUT2D eigenvalue weighted by Gasteiger charge is -2.26. The lowest BCUT2D eigenvalue weighted by atomic mass is 10.4. The van der Waals surface area contributed by atoms with Crippen molar-refractivity contribution in [2.45, 2.75) is 6.61 Å². The maximum atomic E-state index is 11.8. The molecule has 0 radical (unpaired) electrons. The molecule has 6 heteroatoms. The minimum atomic E-state index is 0.00768. The number of morpholine rings is 1. The van der Waals surface area contributed by atoms with Gasteiger partial charge in [-0.2, -0.15) is 0 Å². The zero-order chi connectivity index (χ0) is 12.8. The molecule has 1 aliphatic heterocycles. The van der Waals surface area contributed by atoms with Crippen LogP contribution in [-0.2, 0) is 20.9 Å². The molecule has 5 nitrogen and oxygen atoms in total. The van der Waals surface area contributed by atoms with Gasteiger partial charge in [0.05, 0.1) is 25.5 Å².